The molecule has 1 amide bonds. The van der Waals surface area contributed by atoms with E-state index < -0.39 is 5.63 Å². The smallest absolute Gasteiger partial charge is 0.349 e. The minimum atomic E-state index is -0.595. The first-order chi connectivity index (χ1) is 14.6. The van der Waals surface area contributed by atoms with E-state index in [4.69, 9.17) is 9.15 Å². The standard InChI is InChI=1S/C23H20N2O4S/c1-14-5-4-8-19-20(14)24-23(30-19)28-16-9-11-25(12-10-16)21(26)17-13-15-6-2-3-7-18(15)29-22(17)27/h2-8,13,16H,9-12H2,1H3. The summed E-state index contributed by atoms with van der Waals surface area (Å²) >= 11 is 1.54. The lowest BCUT2D eigenvalue weighted by Gasteiger charge is -2.31. The van der Waals surface area contributed by atoms with E-state index in [9.17, 15) is 9.59 Å². The molecule has 0 saturated carbocycles. The highest BCUT2D eigenvalue weighted by Gasteiger charge is 2.27. The van der Waals surface area contributed by atoms with E-state index in [2.05, 4.69) is 4.98 Å². The van der Waals surface area contributed by atoms with Gasteiger partial charge in [0.15, 0.2) is 0 Å². The van der Waals surface area contributed by atoms with Gasteiger partial charge in [-0.05, 0) is 30.7 Å². The molecule has 7 heteroatoms. The Hall–Kier alpha value is -3.19. The molecule has 6 nitrogen and oxygen atoms in total. The van der Waals surface area contributed by atoms with Gasteiger partial charge in [-0.15, -0.1) is 0 Å². The zero-order valence-corrected chi connectivity index (χ0v) is 17.3. The van der Waals surface area contributed by atoms with E-state index in [1.165, 1.54) is 0 Å². The number of carbonyl (C=O) groups excluding carboxylic acids is 1. The van der Waals surface area contributed by atoms with Crippen LogP contribution in [0.1, 0.15) is 28.8 Å². The highest BCUT2D eigenvalue weighted by Crippen LogP contribution is 2.31. The Kier molecular flexibility index (Phi) is 4.75. The van der Waals surface area contributed by atoms with Crippen molar-refractivity contribution < 1.29 is 13.9 Å². The van der Waals surface area contributed by atoms with E-state index in [0.29, 0.717) is 36.7 Å². The Balaban J connectivity index is 1.27. The van der Waals surface area contributed by atoms with Gasteiger partial charge in [-0.3, -0.25) is 4.79 Å². The van der Waals surface area contributed by atoms with Crippen molar-refractivity contribution in [1.82, 2.24) is 9.88 Å². The van der Waals surface area contributed by atoms with Crippen molar-refractivity contribution in [2.75, 3.05) is 13.1 Å². The van der Waals surface area contributed by atoms with E-state index in [1.54, 1.807) is 34.4 Å². The Morgan fingerprint density at radius 3 is 2.77 bits per heavy atom. The molecule has 1 aliphatic heterocycles. The third-order valence-corrected chi connectivity index (χ3v) is 6.38. The molecule has 0 spiro atoms. The molecule has 2 aromatic heterocycles. The summed E-state index contributed by atoms with van der Waals surface area (Å²) in [5.41, 5.74) is 2.08. The second-order valence-corrected chi connectivity index (χ2v) is 8.49. The fourth-order valence-corrected chi connectivity index (χ4v) is 4.78. The van der Waals surface area contributed by atoms with Gasteiger partial charge in [0.2, 0.25) is 0 Å². The van der Waals surface area contributed by atoms with Crippen LogP contribution in [0.15, 0.2) is 57.7 Å². The van der Waals surface area contributed by atoms with E-state index in [0.717, 1.165) is 21.2 Å². The number of para-hydroxylation sites is 2. The molecule has 2 aromatic carbocycles. The largest absolute Gasteiger partial charge is 0.467 e. The predicted octanol–water partition coefficient (Wildman–Crippen LogP) is 4.39. The maximum Gasteiger partial charge on any atom is 0.349 e. The molecule has 1 aliphatic rings. The Morgan fingerprint density at radius 2 is 1.97 bits per heavy atom. The van der Waals surface area contributed by atoms with Crippen LogP contribution in [0, 0.1) is 6.92 Å². The van der Waals surface area contributed by atoms with Gasteiger partial charge < -0.3 is 14.1 Å². The van der Waals surface area contributed by atoms with Gasteiger partial charge in [0.25, 0.3) is 11.1 Å². The van der Waals surface area contributed by atoms with Crippen molar-refractivity contribution in [2.45, 2.75) is 25.9 Å². The average molecular weight is 420 g/mol. The van der Waals surface area contributed by atoms with Crippen LogP contribution in [0.25, 0.3) is 21.2 Å². The van der Waals surface area contributed by atoms with Gasteiger partial charge in [-0.1, -0.05) is 41.7 Å². The highest BCUT2D eigenvalue weighted by atomic mass is 32.1. The molecular weight excluding hydrogens is 400 g/mol. The number of hydrogen-bond acceptors (Lipinski definition) is 6. The Labute approximate surface area is 176 Å². The number of rotatable bonds is 3. The van der Waals surface area contributed by atoms with Gasteiger partial charge in [0, 0.05) is 31.3 Å². The van der Waals surface area contributed by atoms with Crippen molar-refractivity contribution in [3.05, 3.63) is 70.1 Å². The molecule has 1 fully saturated rings. The zero-order chi connectivity index (χ0) is 20.7. The lowest BCUT2D eigenvalue weighted by molar-refractivity contribution is 0.0592. The normalized spacial score (nSPS) is 15.0. The van der Waals surface area contributed by atoms with Crippen molar-refractivity contribution in [2.24, 2.45) is 0 Å². The number of ether oxygens (including phenoxy) is 1. The summed E-state index contributed by atoms with van der Waals surface area (Å²) in [5.74, 6) is -0.288. The summed E-state index contributed by atoms with van der Waals surface area (Å²) in [7, 11) is 0. The number of carbonyl (C=O) groups is 1. The number of aromatic nitrogens is 1. The maximum absolute atomic E-state index is 12.9. The topological polar surface area (TPSA) is 72.6 Å². The van der Waals surface area contributed by atoms with Crippen molar-refractivity contribution in [1.29, 1.82) is 0 Å². The van der Waals surface area contributed by atoms with Crippen LogP contribution in [-0.2, 0) is 0 Å². The lowest BCUT2D eigenvalue weighted by atomic mass is 10.1. The van der Waals surface area contributed by atoms with Gasteiger partial charge >= 0.3 is 5.63 Å². The summed E-state index contributed by atoms with van der Waals surface area (Å²) in [6.07, 6.45) is 1.39. The molecule has 0 unspecified atom stereocenters. The number of hydrogen-bond donors (Lipinski definition) is 0. The zero-order valence-electron chi connectivity index (χ0n) is 16.5. The molecule has 0 radical (unpaired) electrons. The minimum Gasteiger partial charge on any atom is -0.467 e. The van der Waals surface area contributed by atoms with Crippen LogP contribution < -0.4 is 10.4 Å². The first-order valence-corrected chi connectivity index (χ1v) is 10.7. The third kappa shape index (κ3) is 3.45. The molecule has 1 saturated heterocycles. The highest BCUT2D eigenvalue weighted by molar-refractivity contribution is 7.20. The summed E-state index contributed by atoms with van der Waals surface area (Å²) in [5, 5.41) is 1.41. The minimum absolute atomic E-state index is 0.00271. The maximum atomic E-state index is 12.9. The van der Waals surface area contributed by atoms with Gasteiger partial charge in [-0.2, -0.15) is 0 Å². The number of likely N-dealkylation sites (tertiary alicyclic amines) is 1. The predicted molar refractivity (Wildman–Crippen MR) is 116 cm³/mol. The molecule has 0 N–H and O–H groups in total. The monoisotopic (exact) mass is 420 g/mol. The Morgan fingerprint density at radius 1 is 1.17 bits per heavy atom. The van der Waals surface area contributed by atoms with Gasteiger partial charge in [0.05, 0.1) is 10.2 Å². The molecular formula is C23H20N2O4S. The summed E-state index contributed by atoms with van der Waals surface area (Å²) in [6, 6.07) is 14.9. The van der Waals surface area contributed by atoms with Crippen LogP contribution in [-0.4, -0.2) is 35.0 Å². The van der Waals surface area contributed by atoms with Crippen LogP contribution in [0.3, 0.4) is 0 Å². The fourth-order valence-electron chi connectivity index (χ4n) is 3.82. The number of amides is 1. The molecule has 0 atom stereocenters. The average Bonchev–Trinajstić information content (AvgIpc) is 3.17. The van der Waals surface area contributed by atoms with Crippen LogP contribution in [0.5, 0.6) is 5.19 Å². The number of piperidine rings is 1. The molecule has 0 aliphatic carbocycles. The second-order valence-electron chi connectivity index (χ2n) is 7.50. The van der Waals surface area contributed by atoms with Crippen molar-refractivity contribution in [3.63, 3.8) is 0 Å². The molecule has 5 rings (SSSR count). The number of nitrogens with zero attached hydrogens (tertiary/aromatic N) is 2. The van der Waals surface area contributed by atoms with E-state index >= 15 is 0 Å². The molecule has 152 valence electrons. The quantitative estimate of drug-likeness (QED) is 0.460. The van der Waals surface area contributed by atoms with Crippen molar-refractivity contribution >= 4 is 38.4 Å². The fraction of sp³-hybridized carbons (Fsp3) is 0.261. The first kappa shape index (κ1) is 18.8. The van der Waals surface area contributed by atoms with Crippen LogP contribution in [0.2, 0.25) is 0 Å². The van der Waals surface area contributed by atoms with E-state index in [-0.39, 0.29) is 17.6 Å². The van der Waals surface area contributed by atoms with Crippen LogP contribution >= 0.6 is 11.3 Å². The van der Waals surface area contributed by atoms with E-state index in [1.807, 2.05) is 37.3 Å². The summed E-state index contributed by atoms with van der Waals surface area (Å²) in [6.45, 7) is 3.10. The first-order valence-electron chi connectivity index (χ1n) is 9.93. The molecule has 3 heterocycles. The molecule has 0 bridgehead atoms. The SMILES string of the molecule is Cc1cccc2sc(OC3CCN(C(=O)c4cc5ccccc5oc4=O)CC3)nc12. The Bertz CT molecular complexity index is 1300. The molecule has 30 heavy (non-hydrogen) atoms. The number of aryl methyl sites for hydroxylation is 1. The molecule has 4 aromatic rings. The van der Waals surface area contributed by atoms with Gasteiger partial charge in [-0.25, -0.2) is 9.78 Å². The number of fused-ring (bicyclic) bond motifs is 2. The third-order valence-electron chi connectivity index (χ3n) is 5.47. The van der Waals surface area contributed by atoms with Gasteiger partial charge in [0.1, 0.15) is 17.3 Å². The van der Waals surface area contributed by atoms with Crippen molar-refractivity contribution in [3.8, 4) is 5.19 Å². The summed E-state index contributed by atoms with van der Waals surface area (Å²) in [4.78, 5) is 31.5. The summed E-state index contributed by atoms with van der Waals surface area (Å²) < 4.78 is 12.5. The van der Waals surface area contributed by atoms with Crippen LogP contribution in [0.4, 0.5) is 0 Å². The number of thiazole rings is 1. The number of benzene rings is 2. The second kappa shape index (κ2) is 7.57. The lowest BCUT2D eigenvalue weighted by Crippen LogP contribution is -2.43.